The largest absolute Gasteiger partial charge is 0.0891 e. The summed E-state index contributed by atoms with van der Waals surface area (Å²) in [5.74, 6) is 12.5. The van der Waals surface area contributed by atoms with Gasteiger partial charge < -0.3 is 0 Å². The molecule has 27 heavy (non-hydrogen) atoms. The van der Waals surface area contributed by atoms with Gasteiger partial charge in [0.05, 0.1) is 0 Å². The lowest BCUT2D eigenvalue weighted by atomic mass is 10.0. The maximum absolute atomic E-state index is 3.22. The van der Waals surface area contributed by atoms with Crippen LogP contribution in [-0.4, -0.2) is 0 Å². The Balaban J connectivity index is 3.20. The first-order chi connectivity index (χ1) is 13.4. The van der Waals surface area contributed by atoms with E-state index in [0.29, 0.717) is 0 Å². The van der Waals surface area contributed by atoms with Crippen molar-refractivity contribution >= 4 is 0 Å². The normalized spacial score (nSPS) is 10.1. The lowest BCUT2D eigenvalue weighted by Crippen LogP contribution is -1.82. The van der Waals surface area contributed by atoms with E-state index in [1.807, 2.05) is 0 Å². The SMILES string of the molecule is CCCCCCCCCC#CC#CCCCCCCCCCCCCCC. The minimum absolute atomic E-state index is 1.03. The summed E-state index contributed by atoms with van der Waals surface area (Å²) in [6.45, 7) is 4.56. The van der Waals surface area contributed by atoms with Crippen molar-refractivity contribution in [1.29, 1.82) is 0 Å². The van der Waals surface area contributed by atoms with Crippen LogP contribution in [0.2, 0.25) is 0 Å². The predicted molar refractivity (Wildman–Crippen MR) is 124 cm³/mol. The van der Waals surface area contributed by atoms with Gasteiger partial charge in [-0.1, -0.05) is 135 Å². The standard InChI is InChI=1S/C27H48/c1-3-5-7-9-11-13-15-17-19-21-23-25-27-26-24-22-20-18-16-14-12-10-8-6-4-2/h3-19,21,23,25,27H2,1-2H3. The topological polar surface area (TPSA) is 0 Å². The van der Waals surface area contributed by atoms with Gasteiger partial charge in [0.2, 0.25) is 0 Å². The third-order valence-corrected chi connectivity index (χ3v) is 5.30. The number of rotatable bonds is 19. The number of hydrogen-bond acceptors (Lipinski definition) is 0. The molecular weight excluding hydrogens is 324 g/mol. The highest BCUT2D eigenvalue weighted by atomic mass is 14.0. The monoisotopic (exact) mass is 372 g/mol. The van der Waals surface area contributed by atoms with Crippen molar-refractivity contribution < 1.29 is 0 Å². The zero-order valence-corrected chi connectivity index (χ0v) is 18.8. The molecule has 0 atom stereocenters. The molecule has 0 aliphatic rings. The highest BCUT2D eigenvalue weighted by Crippen LogP contribution is 2.12. The van der Waals surface area contributed by atoms with E-state index >= 15 is 0 Å². The summed E-state index contributed by atoms with van der Waals surface area (Å²) in [5, 5.41) is 0. The minimum Gasteiger partial charge on any atom is -0.0891 e. The van der Waals surface area contributed by atoms with E-state index in [0.717, 1.165) is 12.8 Å². The van der Waals surface area contributed by atoms with Gasteiger partial charge in [-0.25, -0.2) is 0 Å². The van der Waals surface area contributed by atoms with Crippen LogP contribution in [0.25, 0.3) is 0 Å². The molecule has 0 fully saturated rings. The summed E-state index contributed by atoms with van der Waals surface area (Å²) in [4.78, 5) is 0. The van der Waals surface area contributed by atoms with Crippen molar-refractivity contribution in [3.05, 3.63) is 0 Å². The van der Waals surface area contributed by atoms with Gasteiger partial charge in [0.15, 0.2) is 0 Å². The van der Waals surface area contributed by atoms with Crippen LogP contribution in [0.5, 0.6) is 0 Å². The molecule has 0 heteroatoms. The second-order valence-electron chi connectivity index (χ2n) is 8.11. The summed E-state index contributed by atoms with van der Waals surface area (Å²) in [6.07, 6.45) is 28.4. The van der Waals surface area contributed by atoms with Crippen molar-refractivity contribution in [3.8, 4) is 23.7 Å². The zero-order chi connectivity index (χ0) is 19.7. The Morgan fingerprint density at radius 3 is 0.889 bits per heavy atom. The molecule has 0 nitrogen and oxygen atoms in total. The molecule has 0 spiro atoms. The molecule has 0 N–H and O–H groups in total. The first-order valence-electron chi connectivity index (χ1n) is 12.4. The van der Waals surface area contributed by atoms with E-state index in [2.05, 4.69) is 37.5 Å². The van der Waals surface area contributed by atoms with Crippen LogP contribution in [0.1, 0.15) is 149 Å². The molecule has 0 radical (unpaired) electrons. The van der Waals surface area contributed by atoms with Crippen LogP contribution in [0.15, 0.2) is 0 Å². The number of unbranched alkanes of at least 4 members (excludes halogenated alkanes) is 19. The predicted octanol–water partition coefficient (Wildman–Crippen LogP) is 9.23. The third kappa shape index (κ3) is 25.1. The molecule has 0 aliphatic carbocycles. The molecule has 0 aromatic rings. The second kappa shape index (κ2) is 25.1. The minimum atomic E-state index is 1.03. The lowest BCUT2D eigenvalue weighted by molar-refractivity contribution is 0.545. The fourth-order valence-corrected chi connectivity index (χ4v) is 3.44. The molecule has 0 saturated carbocycles. The van der Waals surface area contributed by atoms with Crippen molar-refractivity contribution in [2.45, 2.75) is 149 Å². The first kappa shape index (κ1) is 26.1. The Morgan fingerprint density at radius 1 is 0.333 bits per heavy atom. The Labute approximate surface area is 172 Å². The molecular formula is C27H48. The Morgan fingerprint density at radius 2 is 0.593 bits per heavy atom. The maximum atomic E-state index is 3.22. The van der Waals surface area contributed by atoms with Crippen LogP contribution < -0.4 is 0 Å². The van der Waals surface area contributed by atoms with Gasteiger partial charge in [-0.3, -0.25) is 0 Å². The molecule has 0 unspecified atom stereocenters. The lowest BCUT2D eigenvalue weighted by Gasteiger charge is -2.01. The first-order valence-corrected chi connectivity index (χ1v) is 12.4. The van der Waals surface area contributed by atoms with E-state index < -0.39 is 0 Å². The van der Waals surface area contributed by atoms with Crippen LogP contribution in [0, 0.1) is 23.7 Å². The van der Waals surface area contributed by atoms with Crippen LogP contribution in [-0.2, 0) is 0 Å². The molecule has 0 saturated heterocycles. The Bertz CT molecular complexity index is 384. The third-order valence-electron chi connectivity index (χ3n) is 5.30. The highest BCUT2D eigenvalue weighted by Gasteiger charge is 1.93. The Hall–Kier alpha value is -0.880. The zero-order valence-electron chi connectivity index (χ0n) is 18.8. The van der Waals surface area contributed by atoms with Crippen LogP contribution in [0.4, 0.5) is 0 Å². The molecule has 156 valence electrons. The molecule has 0 aliphatic heterocycles. The summed E-state index contributed by atoms with van der Waals surface area (Å²) < 4.78 is 0. The quantitative estimate of drug-likeness (QED) is 0.156. The van der Waals surface area contributed by atoms with Gasteiger partial charge in [0, 0.05) is 12.8 Å². The van der Waals surface area contributed by atoms with E-state index in [9.17, 15) is 0 Å². The highest BCUT2D eigenvalue weighted by molar-refractivity contribution is 5.25. The number of hydrogen-bond donors (Lipinski definition) is 0. The van der Waals surface area contributed by atoms with E-state index in [-0.39, 0.29) is 0 Å². The molecule has 0 bridgehead atoms. The van der Waals surface area contributed by atoms with Gasteiger partial charge in [0.1, 0.15) is 0 Å². The summed E-state index contributed by atoms with van der Waals surface area (Å²) in [7, 11) is 0. The van der Waals surface area contributed by atoms with Crippen LogP contribution in [0.3, 0.4) is 0 Å². The van der Waals surface area contributed by atoms with E-state index in [1.54, 1.807) is 0 Å². The van der Waals surface area contributed by atoms with Gasteiger partial charge >= 0.3 is 0 Å². The van der Waals surface area contributed by atoms with Crippen molar-refractivity contribution in [2.24, 2.45) is 0 Å². The second-order valence-corrected chi connectivity index (χ2v) is 8.11. The molecule has 0 rings (SSSR count). The smallest absolute Gasteiger partial charge is 0.00989 e. The van der Waals surface area contributed by atoms with Gasteiger partial charge in [-0.05, 0) is 24.7 Å². The van der Waals surface area contributed by atoms with Crippen LogP contribution >= 0.6 is 0 Å². The molecule has 0 aromatic heterocycles. The fourth-order valence-electron chi connectivity index (χ4n) is 3.44. The molecule has 0 heterocycles. The molecule has 0 aromatic carbocycles. The summed E-state index contributed by atoms with van der Waals surface area (Å²) in [5.41, 5.74) is 0. The van der Waals surface area contributed by atoms with Crippen molar-refractivity contribution in [3.63, 3.8) is 0 Å². The van der Waals surface area contributed by atoms with Crippen molar-refractivity contribution in [1.82, 2.24) is 0 Å². The van der Waals surface area contributed by atoms with Gasteiger partial charge in [0.25, 0.3) is 0 Å². The van der Waals surface area contributed by atoms with Gasteiger partial charge in [-0.2, -0.15) is 0 Å². The van der Waals surface area contributed by atoms with Gasteiger partial charge in [-0.15, -0.1) is 0 Å². The van der Waals surface area contributed by atoms with E-state index in [4.69, 9.17) is 0 Å². The van der Waals surface area contributed by atoms with Crippen molar-refractivity contribution in [2.75, 3.05) is 0 Å². The summed E-state index contributed by atoms with van der Waals surface area (Å²) in [6, 6.07) is 0. The average molecular weight is 373 g/mol. The molecule has 0 amide bonds. The fraction of sp³-hybridized carbons (Fsp3) is 0.852. The Kier molecular flexibility index (Phi) is 24.3. The average Bonchev–Trinajstić information content (AvgIpc) is 2.68. The summed E-state index contributed by atoms with van der Waals surface area (Å²) >= 11 is 0. The maximum Gasteiger partial charge on any atom is 0.00989 e. The van der Waals surface area contributed by atoms with E-state index in [1.165, 1.54) is 122 Å².